The van der Waals surface area contributed by atoms with E-state index in [-0.39, 0.29) is 35.1 Å². The van der Waals surface area contributed by atoms with E-state index in [9.17, 15) is 19.7 Å². The van der Waals surface area contributed by atoms with Crippen molar-refractivity contribution in [1.82, 2.24) is 0 Å². The Hall–Kier alpha value is -3.48. The van der Waals surface area contributed by atoms with Gasteiger partial charge in [-0.3, -0.25) is 24.6 Å². The van der Waals surface area contributed by atoms with Crippen molar-refractivity contribution in [2.45, 2.75) is 38.3 Å². The normalized spacial score (nSPS) is 30.5. The third-order valence-electron chi connectivity index (χ3n) is 7.36. The molecule has 7 nitrogen and oxygen atoms in total. The standard InChI is InChI=1S/C26H26N2O5/c1-16-23-22(26(30)33-16)15-17-14-20(28(31)32)12-13-21(17)24(23)25(29)27(18-8-4-2-5-9-18)19-10-6-3-7-11-19/h2-11,15-16,20-24H,12-14H2,1H3/t16-,20-,21-,22-,23-,24+/m1/s1. The second kappa shape index (κ2) is 8.46. The van der Waals surface area contributed by atoms with Crippen LogP contribution in [0.2, 0.25) is 0 Å². The van der Waals surface area contributed by atoms with Crippen LogP contribution in [0.4, 0.5) is 11.4 Å². The first-order valence-electron chi connectivity index (χ1n) is 11.4. The fourth-order valence-corrected chi connectivity index (χ4v) is 5.89. The maximum atomic E-state index is 14.4. The highest BCUT2D eigenvalue weighted by molar-refractivity contribution is 6.03. The summed E-state index contributed by atoms with van der Waals surface area (Å²) in [5, 5.41) is 11.5. The number of hydrogen-bond acceptors (Lipinski definition) is 5. The van der Waals surface area contributed by atoms with Crippen LogP contribution in [0.5, 0.6) is 0 Å². The molecule has 0 bridgehead atoms. The number of para-hydroxylation sites is 2. The van der Waals surface area contributed by atoms with Crippen LogP contribution in [0.25, 0.3) is 0 Å². The van der Waals surface area contributed by atoms with Crippen LogP contribution in [0.3, 0.4) is 0 Å². The summed E-state index contributed by atoms with van der Waals surface area (Å²) in [6, 6.07) is 18.3. The van der Waals surface area contributed by atoms with Crippen LogP contribution in [0.1, 0.15) is 26.2 Å². The number of carbonyl (C=O) groups is 2. The van der Waals surface area contributed by atoms with E-state index in [0.717, 1.165) is 16.9 Å². The zero-order valence-corrected chi connectivity index (χ0v) is 18.4. The summed E-state index contributed by atoms with van der Waals surface area (Å²) in [5.74, 6) is -1.90. The van der Waals surface area contributed by atoms with E-state index in [0.29, 0.717) is 12.8 Å². The van der Waals surface area contributed by atoms with Gasteiger partial charge in [0.25, 0.3) is 0 Å². The van der Waals surface area contributed by atoms with Gasteiger partial charge in [-0.1, -0.05) is 48.0 Å². The fourth-order valence-electron chi connectivity index (χ4n) is 5.89. The van der Waals surface area contributed by atoms with Gasteiger partial charge in [0, 0.05) is 35.1 Å². The van der Waals surface area contributed by atoms with Gasteiger partial charge in [0.15, 0.2) is 0 Å². The number of rotatable bonds is 4. The van der Waals surface area contributed by atoms with Crippen LogP contribution < -0.4 is 4.90 Å². The smallest absolute Gasteiger partial charge is 0.313 e. The third-order valence-corrected chi connectivity index (χ3v) is 7.36. The molecule has 0 N–H and O–H groups in total. The lowest BCUT2D eigenvalue weighted by Crippen LogP contribution is -2.48. The molecular formula is C26H26N2O5. The summed E-state index contributed by atoms with van der Waals surface area (Å²) in [6.45, 7) is 1.85. The molecule has 1 aliphatic heterocycles. The number of benzene rings is 2. The predicted molar refractivity (Wildman–Crippen MR) is 122 cm³/mol. The number of carbonyl (C=O) groups excluding carboxylic acids is 2. The quantitative estimate of drug-likeness (QED) is 0.298. The molecule has 3 aliphatic rings. The average molecular weight is 447 g/mol. The lowest BCUT2D eigenvalue weighted by Gasteiger charge is -2.43. The molecule has 33 heavy (non-hydrogen) atoms. The van der Waals surface area contributed by atoms with Crippen molar-refractivity contribution in [2.24, 2.45) is 23.7 Å². The van der Waals surface area contributed by atoms with Crippen molar-refractivity contribution in [2.75, 3.05) is 4.90 Å². The summed E-state index contributed by atoms with van der Waals surface area (Å²) in [7, 11) is 0. The second-order valence-corrected chi connectivity index (χ2v) is 9.18. The highest BCUT2D eigenvalue weighted by Crippen LogP contribution is 2.51. The van der Waals surface area contributed by atoms with E-state index < -0.39 is 24.0 Å². The minimum atomic E-state index is -0.672. The van der Waals surface area contributed by atoms with Gasteiger partial charge in [0.1, 0.15) is 6.10 Å². The number of ether oxygens (including phenoxy) is 1. The minimum absolute atomic E-state index is 0.0947. The summed E-state index contributed by atoms with van der Waals surface area (Å²) in [4.78, 5) is 40.0. The molecule has 0 spiro atoms. The van der Waals surface area contributed by atoms with E-state index in [1.807, 2.05) is 73.7 Å². The molecule has 2 aromatic rings. The highest BCUT2D eigenvalue weighted by atomic mass is 16.6. The number of nitrogens with zero attached hydrogens (tertiary/aromatic N) is 2. The molecular weight excluding hydrogens is 420 g/mol. The van der Waals surface area contributed by atoms with Gasteiger partial charge in [-0.2, -0.15) is 0 Å². The predicted octanol–water partition coefficient (Wildman–Crippen LogP) is 4.53. The maximum Gasteiger partial charge on any atom is 0.313 e. The Morgan fingerprint density at radius 1 is 1.03 bits per heavy atom. The van der Waals surface area contributed by atoms with Crippen LogP contribution in [-0.2, 0) is 14.3 Å². The van der Waals surface area contributed by atoms with Crippen molar-refractivity contribution >= 4 is 23.3 Å². The summed E-state index contributed by atoms with van der Waals surface area (Å²) in [6.07, 6.45) is 2.74. The molecule has 0 radical (unpaired) electrons. The molecule has 170 valence electrons. The summed E-state index contributed by atoms with van der Waals surface area (Å²) >= 11 is 0. The van der Waals surface area contributed by atoms with E-state index >= 15 is 0 Å². The highest BCUT2D eigenvalue weighted by Gasteiger charge is 2.56. The fraction of sp³-hybridized carbons (Fsp3) is 0.385. The molecule has 1 saturated heterocycles. The lowest BCUT2D eigenvalue weighted by atomic mass is 9.61. The minimum Gasteiger partial charge on any atom is -0.462 e. The van der Waals surface area contributed by atoms with Crippen LogP contribution >= 0.6 is 0 Å². The molecule has 1 amide bonds. The average Bonchev–Trinajstić information content (AvgIpc) is 3.11. The Kier molecular flexibility index (Phi) is 5.48. The number of anilines is 2. The number of amides is 1. The van der Waals surface area contributed by atoms with Crippen molar-refractivity contribution in [3.8, 4) is 0 Å². The molecule has 1 saturated carbocycles. The van der Waals surface area contributed by atoms with Crippen molar-refractivity contribution in [1.29, 1.82) is 0 Å². The van der Waals surface area contributed by atoms with Gasteiger partial charge < -0.3 is 4.74 Å². The van der Waals surface area contributed by atoms with Crippen molar-refractivity contribution in [3.05, 3.63) is 82.4 Å². The maximum absolute atomic E-state index is 14.4. The van der Waals surface area contributed by atoms with Gasteiger partial charge in [-0.15, -0.1) is 0 Å². The van der Waals surface area contributed by atoms with Crippen molar-refractivity contribution < 1.29 is 19.2 Å². The number of cyclic esters (lactones) is 1. The molecule has 7 heteroatoms. The van der Waals surface area contributed by atoms with Gasteiger partial charge in [-0.25, -0.2) is 0 Å². The van der Waals surface area contributed by atoms with Gasteiger partial charge >= 0.3 is 5.97 Å². The van der Waals surface area contributed by atoms with E-state index in [1.54, 1.807) is 4.90 Å². The molecule has 0 aromatic heterocycles. The zero-order chi connectivity index (χ0) is 23.1. The summed E-state index contributed by atoms with van der Waals surface area (Å²) in [5.41, 5.74) is 2.35. The van der Waals surface area contributed by atoms with Gasteiger partial charge in [0.05, 0.1) is 11.8 Å². The topological polar surface area (TPSA) is 89.7 Å². The molecule has 6 atom stereocenters. The Bertz CT molecular complexity index is 1060. The van der Waals surface area contributed by atoms with Gasteiger partial charge in [0.2, 0.25) is 11.9 Å². The Morgan fingerprint density at radius 3 is 2.21 bits per heavy atom. The van der Waals surface area contributed by atoms with E-state index in [4.69, 9.17) is 4.74 Å². The molecule has 2 aromatic carbocycles. The number of nitro groups is 1. The largest absolute Gasteiger partial charge is 0.462 e. The zero-order valence-electron chi connectivity index (χ0n) is 18.4. The Balaban J connectivity index is 1.59. The number of esters is 1. The SMILES string of the molecule is C[C@H]1OC(=O)[C@@H]2C=C3C[C@H]([N+](=O)[O-])CC[C@H]3[C@H](C(=O)N(c3ccccc3)c3ccccc3)[C@H]12. The molecule has 2 aliphatic carbocycles. The first-order chi connectivity index (χ1) is 16.0. The van der Waals surface area contributed by atoms with Crippen LogP contribution in [0, 0.1) is 33.8 Å². The van der Waals surface area contributed by atoms with E-state index in [1.165, 1.54) is 0 Å². The monoisotopic (exact) mass is 446 g/mol. The summed E-state index contributed by atoms with van der Waals surface area (Å²) < 4.78 is 5.57. The number of fused-ring (bicyclic) bond motifs is 2. The second-order valence-electron chi connectivity index (χ2n) is 9.18. The van der Waals surface area contributed by atoms with Crippen LogP contribution in [0.15, 0.2) is 72.3 Å². The molecule has 2 fully saturated rings. The Morgan fingerprint density at radius 2 is 1.64 bits per heavy atom. The molecule has 5 rings (SSSR count). The first kappa shape index (κ1) is 21.4. The van der Waals surface area contributed by atoms with Gasteiger partial charge in [-0.05, 0) is 43.5 Å². The first-order valence-corrected chi connectivity index (χ1v) is 11.4. The Labute approximate surface area is 192 Å². The van der Waals surface area contributed by atoms with Crippen LogP contribution in [-0.4, -0.2) is 28.9 Å². The lowest BCUT2D eigenvalue weighted by molar-refractivity contribution is -0.524. The third kappa shape index (κ3) is 3.71. The van der Waals surface area contributed by atoms with Crippen molar-refractivity contribution in [3.63, 3.8) is 0 Å². The van der Waals surface area contributed by atoms with E-state index in [2.05, 4.69) is 0 Å². The molecule has 0 unspecified atom stereocenters. The molecule has 1 heterocycles. The number of hydrogen-bond donors (Lipinski definition) is 0.